The smallest absolute Gasteiger partial charge is 0.378 e. The van der Waals surface area contributed by atoms with Crippen LogP contribution in [0.15, 0.2) is 42.5 Å². The molecule has 2 aliphatic heterocycles. The fourth-order valence-corrected chi connectivity index (χ4v) is 4.74. The molecule has 4 nitrogen and oxygen atoms in total. The number of alkyl halides is 3. The zero-order valence-corrected chi connectivity index (χ0v) is 17.8. The number of hydrogen-bond acceptors (Lipinski definition) is 4. The maximum Gasteiger partial charge on any atom is 0.416 e. The Bertz CT molecular complexity index is 903. The molecule has 1 saturated heterocycles. The Kier molecular flexibility index (Phi) is 7.02. The molecule has 0 radical (unpaired) electrons. The van der Waals surface area contributed by atoms with Crippen molar-refractivity contribution in [2.24, 2.45) is 11.7 Å². The Hall–Kier alpha value is -2.16. The molecule has 8 heteroatoms. The van der Waals surface area contributed by atoms with Crippen molar-refractivity contribution in [3.05, 3.63) is 65.0 Å². The molecule has 0 amide bonds. The van der Waals surface area contributed by atoms with Gasteiger partial charge < -0.3 is 21.1 Å². The van der Waals surface area contributed by atoms with Gasteiger partial charge in [-0.25, -0.2) is 4.39 Å². The van der Waals surface area contributed by atoms with Gasteiger partial charge in [0.25, 0.3) is 0 Å². The van der Waals surface area contributed by atoms with Gasteiger partial charge in [-0.05, 0) is 74.7 Å². The van der Waals surface area contributed by atoms with Crippen LogP contribution in [0.5, 0.6) is 0 Å². The van der Waals surface area contributed by atoms with Crippen molar-refractivity contribution >= 4 is 5.69 Å². The molecular formula is C24H29F4N3O. The Morgan fingerprint density at radius 1 is 1.06 bits per heavy atom. The first-order chi connectivity index (χ1) is 15.4. The summed E-state index contributed by atoms with van der Waals surface area (Å²) in [4.78, 5) is 0. The van der Waals surface area contributed by atoms with E-state index in [9.17, 15) is 17.6 Å². The molecule has 4 atom stereocenters. The topological polar surface area (TPSA) is 59.3 Å². The normalized spacial score (nSPS) is 25.0. The van der Waals surface area contributed by atoms with Crippen molar-refractivity contribution in [3.63, 3.8) is 0 Å². The highest BCUT2D eigenvalue weighted by Gasteiger charge is 2.43. The van der Waals surface area contributed by atoms with Gasteiger partial charge in [0, 0.05) is 23.7 Å². The number of nitrogens with one attached hydrogen (secondary N) is 2. The standard InChI is InChI=1S/C24H29F4N3O/c25-17-6-3-15(4-7-17)22-19-9-8-18(14-30-12-2-1-11-29)32-23(19)20-13-16(24(26,27)28)5-10-21(20)31-22/h3-7,10,13,18-19,22-23,30-31H,1-2,8-9,11-12,14,29H2/t18-,19+,22+,23+/m1/s1. The second-order valence-electron chi connectivity index (χ2n) is 8.59. The van der Waals surface area contributed by atoms with Crippen molar-refractivity contribution in [3.8, 4) is 0 Å². The lowest BCUT2D eigenvalue weighted by molar-refractivity contribution is -0.138. The van der Waals surface area contributed by atoms with Crippen LogP contribution >= 0.6 is 0 Å². The molecule has 0 aliphatic carbocycles. The zero-order chi connectivity index (χ0) is 22.7. The van der Waals surface area contributed by atoms with Gasteiger partial charge in [0.1, 0.15) is 5.82 Å². The Labute approximate surface area is 185 Å². The highest BCUT2D eigenvalue weighted by atomic mass is 19.4. The van der Waals surface area contributed by atoms with Gasteiger partial charge in [-0.2, -0.15) is 13.2 Å². The third kappa shape index (κ3) is 5.08. The van der Waals surface area contributed by atoms with Crippen LogP contribution in [0.1, 0.15) is 54.5 Å². The minimum absolute atomic E-state index is 0.0510. The van der Waals surface area contributed by atoms with E-state index in [1.165, 1.54) is 24.3 Å². The molecule has 2 aliphatic rings. The van der Waals surface area contributed by atoms with Gasteiger partial charge in [-0.1, -0.05) is 12.1 Å². The van der Waals surface area contributed by atoms with Crippen LogP contribution in [0.25, 0.3) is 0 Å². The van der Waals surface area contributed by atoms with Gasteiger partial charge in [0.15, 0.2) is 0 Å². The highest BCUT2D eigenvalue weighted by molar-refractivity contribution is 5.58. The summed E-state index contributed by atoms with van der Waals surface area (Å²) < 4.78 is 60.0. The number of benzene rings is 2. The molecule has 2 aromatic rings. The third-order valence-electron chi connectivity index (χ3n) is 6.38. The lowest BCUT2D eigenvalue weighted by Gasteiger charge is -2.46. The molecule has 32 heavy (non-hydrogen) atoms. The minimum Gasteiger partial charge on any atom is -0.378 e. The number of anilines is 1. The summed E-state index contributed by atoms with van der Waals surface area (Å²) in [5.74, 6) is -0.373. The Morgan fingerprint density at radius 2 is 1.84 bits per heavy atom. The monoisotopic (exact) mass is 451 g/mol. The van der Waals surface area contributed by atoms with Gasteiger partial charge in [0.05, 0.1) is 23.8 Å². The number of ether oxygens (including phenoxy) is 1. The van der Waals surface area contributed by atoms with Crippen molar-refractivity contribution < 1.29 is 22.3 Å². The predicted molar refractivity (Wildman–Crippen MR) is 116 cm³/mol. The molecule has 2 aromatic carbocycles. The molecule has 174 valence electrons. The predicted octanol–water partition coefficient (Wildman–Crippen LogP) is 5.18. The summed E-state index contributed by atoms with van der Waals surface area (Å²) in [5.41, 5.74) is 6.91. The van der Waals surface area contributed by atoms with E-state index in [1.807, 2.05) is 0 Å². The van der Waals surface area contributed by atoms with Gasteiger partial charge in [-0.15, -0.1) is 0 Å². The van der Waals surface area contributed by atoms with Gasteiger partial charge in [0.2, 0.25) is 0 Å². The second kappa shape index (κ2) is 9.77. The maximum absolute atomic E-state index is 13.5. The molecule has 0 saturated carbocycles. The first-order valence-electron chi connectivity index (χ1n) is 11.2. The SMILES string of the molecule is NCCCCNC[C@H]1CC[C@@H]2[C@H](O1)c1cc(C(F)(F)F)ccc1N[C@H]2c1ccc(F)cc1. The lowest BCUT2D eigenvalue weighted by atomic mass is 9.76. The fraction of sp³-hybridized carbons (Fsp3) is 0.500. The summed E-state index contributed by atoms with van der Waals surface area (Å²) in [6.07, 6.45) is -1.44. The zero-order valence-electron chi connectivity index (χ0n) is 17.8. The number of rotatable bonds is 7. The molecule has 1 fully saturated rings. The number of nitrogens with two attached hydrogens (primary N) is 1. The molecule has 0 aromatic heterocycles. The maximum atomic E-state index is 13.5. The molecular weight excluding hydrogens is 422 g/mol. The first kappa shape index (κ1) is 23.0. The largest absolute Gasteiger partial charge is 0.416 e. The summed E-state index contributed by atoms with van der Waals surface area (Å²) >= 11 is 0. The van der Waals surface area contributed by atoms with Crippen molar-refractivity contribution in [2.75, 3.05) is 25.0 Å². The second-order valence-corrected chi connectivity index (χ2v) is 8.59. The van der Waals surface area contributed by atoms with Crippen LogP contribution in [0, 0.1) is 11.7 Å². The minimum atomic E-state index is -4.42. The molecule has 2 heterocycles. The van der Waals surface area contributed by atoms with Crippen molar-refractivity contribution in [1.82, 2.24) is 5.32 Å². The number of unbranched alkanes of at least 4 members (excludes halogenated alkanes) is 1. The van der Waals surface area contributed by atoms with Crippen LogP contribution in [-0.2, 0) is 10.9 Å². The Balaban J connectivity index is 1.59. The van der Waals surface area contributed by atoms with Crippen molar-refractivity contribution in [2.45, 2.75) is 50.1 Å². The van der Waals surface area contributed by atoms with Crippen LogP contribution in [0.2, 0.25) is 0 Å². The molecule has 0 bridgehead atoms. The summed E-state index contributed by atoms with van der Waals surface area (Å²) in [7, 11) is 0. The molecule has 0 spiro atoms. The quantitative estimate of drug-likeness (QED) is 0.401. The highest BCUT2D eigenvalue weighted by Crippen LogP contribution is 2.51. The molecule has 4 N–H and O–H groups in total. The van der Waals surface area contributed by atoms with E-state index >= 15 is 0 Å². The van der Waals surface area contributed by atoms with E-state index in [-0.39, 0.29) is 23.9 Å². The summed E-state index contributed by atoms with van der Waals surface area (Å²) in [6.45, 7) is 2.14. The van der Waals surface area contributed by atoms with E-state index in [0.29, 0.717) is 24.3 Å². The van der Waals surface area contributed by atoms with Gasteiger partial charge >= 0.3 is 6.18 Å². The van der Waals surface area contributed by atoms with Crippen LogP contribution in [0.3, 0.4) is 0 Å². The fourth-order valence-electron chi connectivity index (χ4n) is 4.74. The third-order valence-corrected chi connectivity index (χ3v) is 6.38. The Morgan fingerprint density at radius 3 is 2.56 bits per heavy atom. The van der Waals surface area contributed by atoms with E-state index in [0.717, 1.165) is 43.9 Å². The van der Waals surface area contributed by atoms with E-state index in [2.05, 4.69) is 10.6 Å². The van der Waals surface area contributed by atoms with Crippen LogP contribution < -0.4 is 16.4 Å². The lowest BCUT2D eigenvalue weighted by Crippen LogP contribution is -2.42. The number of fused-ring (bicyclic) bond motifs is 3. The number of halogens is 4. The molecule has 0 unspecified atom stereocenters. The van der Waals surface area contributed by atoms with Crippen molar-refractivity contribution in [1.29, 1.82) is 0 Å². The van der Waals surface area contributed by atoms with E-state index in [1.54, 1.807) is 12.1 Å². The number of hydrogen-bond donors (Lipinski definition) is 3. The average molecular weight is 452 g/mol. The van der Waals surface area contributed by atoms with Gasteiger partial charge in [-0.3, -0.25) is 0 Å². The van der Waals surface area contributed by atoms with E-state index < -0.39 is 17.8 Å². The summed E-state index contributed by atoms with van der Waals surface area (Å²) in [6, 6.07) is 9.88. The van der Waals surface area contributed by atoms with Crippen LogP contribution in [-0.4, -0.2) is 25.7 Å². The summed E-state index contributed by atoms with van der Waals surface area (Å²) in [5, 5.41) is 6.77. The average Bonchev–Trinajstić information content (AvgIpc) is 2.78. The van der Waals surface area contributed by atoms with E-state index in [4.69, 9.17) is 10.5 Å². The molecule has 4 rings (SSSR count). The first-order valence-corrected chi connectivity index (χ1v) is 11.2. The van der Waals surface area contributed by atoms with Crippen LogP contribution in [0.4, 0.5) is 23.2 Å².